The second-order valence-electron chi connectivity index (χ2n) is 8.38. The van der Waals surface area contributed by atoms with Crippen LogP contribution in [0.2, 0.25) is 0 Å². The van der Waals surface area contributed by atoms with Crippen molar-refractivity contribution >= 4 is 28.2 Å². The Balaban J connectivity index is 1.38. The number of likely N-dealkylation sites (tertiary alicyclic amines) is 1. The molecule has 0 spiro atoms. The number of aromatic nitrogens is 1. The Labute approximate surface area is 197 Å². The Morgan fingerprint density at radius 2 is 2.24 bits per heavy atom. The first kappa shape index (κ1) is 23.2. The molecule has 1 aromatic carbocycles. The van der Waals surface area contributed by atoms with E-state index in [0.717, 1.165) is 34.3 Å². The van der Waals surface area contributed by atoms with Gasteiger partial charge in [-0.2, -0.15) is 0 Å². The summed E-state index contributed by atoms with van der Waals surface area (Å²) in [6.45, 7) is 1.88. The number of aliphatic hydroxyl groups excluding tert-OH is 1. The second kappa shape index (κ2) is 10.8. The molecule has 3 heterocycles. The number of carbonyl (C=O) groups is 1. The van der Waals surface area contributed by atoms with Crippen molar-refractivity contribution in [3.05, 3.63) is 58.4 Å². The maximum Gasteiger partial charge on any atom is 0.308 e. The lowest BCUT2D eigenvalue weighted by Crippen LogP contribution is -2.44. The number of methoxy groups -OCH3 is 1. The van der Waals surface area contributed by atoms with Gasteiger partial charge in [0, 0.05) is 18.1 Å². The standard InChI is InChI=1S/C26H28N2O4S/c1-32-19-7-8-24-22(16-19)21(10-12-27-24)25(29)9-6-18-11-14-28(17-23(18)26(30)31)13-2-4-20-5-3-15-33-20/h3,5,7-8,10,12,15-16,18,23,25,29H,6,9,11,13-14,17H2,1H3,(H,30,31)/t18-,23+,25-/m1/s1. The first-order valence-corrected chi connectivity index (χ1v) is 12.0. The van der Waals surface area contributed by atoms with Crippen molar-refractivity contribution in [1.82, 2.24) is 9.88 Å². The molecule has 0 radical (unpaired) electrons. The molecule has 0 amide bonds. The van der Waals surface area contributed by atoms with Crippen LogP contribution in [0.3, 0.4) is 0 Å². The van der Waals surface area contributed by atoms with Crippen LogP contribution in [0.25, 0.3) is 10.9 Å². The van der Waals surface area contributed by atoms with E-state index in [1.807, 2.05) is 41.8 Å². The van der Waals surface area contributed by atoms with Crippen LogP contribution < -0.4 is 4.74 Å². The summed E-state index contributed by atoms with van der Waals surface area (Å²) in [7, 11) is 1.61. The zero-order valence-electron chi connectivity index (χ0n) is 18.6. The summed E-state index contributed by atoms with van der Waals surface area (Å²) >= 11 is 1.60. The fourth-order valence-electron chi connectivity index (χ4n) is 4.52. The molecule has 33 heavy (non-hydrogen) atoms. The van der Waals surface area contributed by atoms with Crippen molar-refractivity contribution in [2.75, 3.05) is 26.7 Å². The molecule has 0 unspecified atom stereocenters. The molecule has 1 fully saturated rings. The predicted octanol–water partition coefficient (Wildman–Crippen LogP) is 4.19. The molecule has 172 valence electrons. The molecule has 1 aliphatic rings. The number of thiophene rings is 1. The Hall–Kier alpha value is -2.92. The van der Waals surface area contributed by atoms with Gasteiger partial charge in [-0.15, -0.1) is 11.3 Å². The van der Waals surface area contributed by atoms with Crippen LogP contribution in [-0.2, 0) is 4.79 Å². The fraction of sp³-hybridized carbons (Fsp3) is 0.385. The van der Waals surface area contributed by atoms with Crippen molar-refractivity contribution in [1.29, 1.82) is 0 Å². The fourth-order valence-corrected chi connectivity index (χ4v) is 5.11. The summed E-state index contributed by atoms with van der Waals surface area (Å²) in [6.07, 6.45) is 2.95. The van der Waals surface area contributed by atoms with Gasteiger partial charge in [0.2, 0.25) is 0 Å². The highest BCUT2D eigenvalue weighted by Gasteiger charge is 2.34. The van der Waals surface area contributed by atoms with E-state index >= 15 is 0 Å². The third kappa shape index (κ3) is 5.72. The number of benzene rings is 1. The van der Waals surface area contributed by atoms with E-state index < -0.39 is 18.0 Å². The van der Waals surface area contributed by atoms with Crippen LogP contribution in [-0.4, -0.2) is 52.8 Å². The highest BCUT2D eigenvalue weighted by atomic mass is 32.1. The monoisotopic (exact) mass is 464 g/mol. The average molecular weight is 465 g/mol. The van der Waals surface area contributed by atoms with Gasteiger partial charge in [-0.25, -0.2) is 0 Å². The zero-order chi connectivity index (χ0) is 23.2. The van der Waals surface area contributed by atoms with Gasteiger partial charge in [-0.05, 0) is 73.0 Å². The summed E-state index contributed by atoms with van der Waals surface area (Å²) in [5.74, 6) is 5.82. The number of carboxylic acids is 1. The van der Waals surface area contributed by atoms with Gasteiger partial charge in [-0.3, -0.25) is 14.7 Å². The first-order valence-electron chi connectivity index (χ1n) is 11.1. The molecule has 0 bridgehead atoms. The number of hydrogen-bond donors (Lipinski definition) is 2. The first-order chi connectivity index (χ1) is 16.0. The Kier molecular flexibility index (Phi) is 7.61. The number of aliphatic carboxylic acids is 1. The van der Waals surface area contributed by atoms with E-state index in [2.05, 4.69) is 21.7 Å². The third-order valence-electron chi connectivity index (χ3n) is 6.35. The molecule has 1 saturated heterocycles. The maximum absolute atomic E-state index is 12.0. The van der Waals surface area contributed by atoms with Crippen LogP contribution in [0.15, 0.2) is 48.0 Å². The molecule has 4 rings (SSSR count). The van der Waals surface area contributed by atoms with Crippen molar-refractivity contribution in [3.8, 4) is 17.6 Å². The van der Waals surface area contributed by atoms with Gasteiger partial charge in [0.25, 0.3) is 0 Å². The Bertz CT molecular complexity index is 1150. The van der Waals surface area contributed by atoms with Gasteiger partial charge in [0.05, 0.1) is 36.1 Å². The van der Waals surface area contributed by atoms with E-state index in [4.69, 9.17) is 4.74 Å². The highest BCUT2D eigenvalue weighted by molar-refractivity contribution is 7.10. The topological polar surface area (TPSA) is 82.9 Å². The number of nitrogens with zero attached hydrogens (tertiary/aromatic N) is 2. The number of carboxylic acid groups (broad SMARTS) is 1. The number of ether oxygens (including phenoxy) is 1. The number of pyridine rings is 1. The molecule has 6 nitrogen and oxygen atoms in total. The van der Waals surface area contributed by atoms with Gasteiger partial charge in [0.1, 0.15) is 5.75 Å². The molecule has 7 heteroatoms. The third-order valence-corrected chi connectivity index (χ3v) is 7.13. The van der Waals surface area contributed by atoms with Crippen molar-refractivity contribution < 1.29 is 19.7 Å². The minimum atomic E-state index is -0.774. The zero-order valence-corrected chi connectivity index (χ0v) is 19.4. The number of rotatable bonds is 7. The molecule has 3 atom stereocenters. The van der Waals surface area contributed by atoms with Gasteiger partial charge in [-0.1, -0.05) is 17.9 Å². The minimum absolute atomic E-state index is 0.0290. The van der Waals surface area contributed by atoms with Crippen molar-refractivity contribution in [2.24, 2.45) is 11.8 Å². The number of piperidine rings is 1. The van der Waals surface area contributed by atoms with Crippen LogP contribution in [0, 0.1) is 23.7 Å². The molecular formula is C26H28N2O4S. The lowest BCUT2D eigenvalue weighted by atomic mass is 9.81. The number of aliphatic hydroxyl groups is 1. The summed E-state index contributed by atoms with van der Waals surface area (Å²) in [5, 5.41) is 23.6. The maximum atomic E-state index is 12.0. The molecule has 0 saturated carbocycles. The van der Waals surface area contributed by atoms with Crippen LogP contribution in [0.5, 0.6) is 5.75 Å². The SMILES string of the molecule is COc1ccc2nccc([C@H](O)CC[C@@H]3CCN(CC#Cc4cccs4)C[C@@H]3C(=O)O)c2c1. The quantitative estimate of drug-likeness (QED) is 0.510. The Morgan fingerprint density at radius 1 is 1.36 bits per heavy atom. The number of fused-ring (bicyclic) bond motifs is 1. The van der Waals surface area contributed by atoms with E-state index in [-0.39, 0.29) is 5.92 Å². The second-order valence-corrected chi connectivity index (χ2v) is 9.33. The van der Waals surface area contributed by atoms with E-state index in [1.54, 1.807) is 24.6 Å². The van der Waals surface area contributed by atoms with Crippen molar-refractivity contribution in [3.63, 3.8) is 0 Å². The van der Waals surface area contributed by atoms with Gasteiger partial charge >= 0.3 is 5.97 Å². The molecule has 2 N–H and O–H groups in total. The lowest BCUT2D eigenvalue weighted by Gasteiger charge is -2.36. The predicted molar refractivity (Wildman–Crippen MR) is 129 cm³/mol. The van der Waals surface area contributed by atoms with Crippen LogP contribution in [0.4, 0.5) is 0 Å². The van der Waals surface area contributed by atoms with Crippen LogP contribution in [0.1, 0.15) is 35.8 Å². The summed E-state index contributed by atoms with van der Waals surface area (Å²) in [4.78, 5) is 19.5. The smallest absolute Gasteiger partial charge is 0.308 e. The molecule has 3 aromatic rings. The highest BCUT2D eigenvalue weighted by Crippen LogP contribution is 2.33. The summed E-state index contributed by atoms with van der Waals surface area (Å²) in [5.41, 5.74) is 1.60. The molecule has 1 aliphatic heterocycles. The molecular weight excluding hydrogens is 436 g/mol. The minimum Gasteiger partial charge on any atom is -0.497 e. The average Bonchev–Trinajstić information content (AvgIpc) is 3.35. The van der Waals surface area contributed by atoms with Crippen LogP contribution >= 0.6 is 11.3 Å². The summed E-state index contributed by atoms with van der Waals surface area (Å²) < 4.78 is 5.32. The lowest BCUT2D eigenvalue weighted by molar-refractivity contribution is -0.146. The van der Waals surface area contributed by atoms with Gasteiger partial charge < -0.3 is 14.9 Å². The van der Waals surface area contributed by atoms with E-state index in [0.29, 0.717) is 31.7 Å². The molecule has 2 aromatic heterocycles. The van der Waals surface area contributed by atoms with E-state index in [1.165, 1.54) is 0 Å². The van der Waals surface area contributed by atoms with Gasteiger partial charge in [0.15, 0.2) is 0 Å². The molecule has 0 aliphatic carbocycles. The normalized spacial score (nSPS) is 19.6. The largest absolute Gasteiger partial charge is 0.497 e. The summed E-state index contributed by atoms with van der Waals surface area (Å²) in [6, 6.07) is 11.4. The Morgan fingerprint density at radius 3 is 3.00 bits per heavy atom. The van der Waals surface area contributed by atoms with E-state index in [9.17, 15) is 15.0 Å². The number of hydrogen-bond acceptors (Lipinski definition) is 6. The van der Waals surface area contributed by atoms with Crippen molar-refractivity contribution in [2.45, 2.75) is 25.4 Å².